The third-order valence-corrected chi connectivity index (χ3v) is 7.83. The van der Waals surface area contributed by atoms with Crippen LogP contribution >= 0.6 is 59.8 Å². The first kappa shape index (κ1) is 33.4. The molecule has 0 saturated heterocycles. The summed E-state index contributed by atoms with van der Waals surface area (Å²) < 4.78 is 50.5. The molecule has 11 heteroatoms. The molecule has 0 radical (unpaired) electrons. The van der Waals surface area contributed by atoms with Gasteiger partial charge in [-0.25, -0.2) is 8.78 Å². The van der Waals surface area contributed by atoms with Crippen molar-refractivity contribution < 1.29 is 27.7 Å². The number of methoxy groups -OCH3 is 4. The number of aliphatic imine (C=N–C) groups is 2. The molecule has 2 aliphatic rings. The molecule has 4 aromatic carbocycles. The van der Waals surface area contributed by atoms with Crippen LogP contribution in [0.5, 0.6) is 23.0 Å². The van der Waals surface area contributed by atoms with Gasteiger partial charge in [0.2, 0.25) is 0 Å². The van der Waals surface area contributed by atoms with Crippen LogP contribution < -0.4 is 18.9 Å². The van der Waals surface area contributed by atoms with E-state index in [4.69, 9.17) is 18.9 Å². The number of ether oxygens (including phenoxy) is 4. The van der Waals surface area contributed by atoms with Gasteiger partial charge in [-0.2, -0.15) is 0 Å². The fourth-order valence-corrected chi connectivity index (χ4v) is 5.41. The lowest BCUT2D eigenvalue weighted by Crippen LogP contribution is -1.95. The average molecular weight is 922 g/mol. The van der Waals surface area contributed by atoms with Crippen molar-refractivity contribution in [2.45, 2.75) is 13.1 Å². The zero-order valence-electron chi connectivity index (χ0n) is 23.7. The van der Waals surface area contributed by atoms with Crippen LogP contribution in [-0.2, 0) is 13.1 Å². The number of hydrogen-bond acceptors (Lipinski definition) is 6. The lowest BCUT2D eigenvalue weighted by atomic mass is 9.99. The topological polar surface area (TPSA) is 61.6 Å². The molecule has 0 aromatic heterocycles. The predicted octanol–water partition coefficient (Wildman–Crippen LogP) is 9.42. The molecule has 0 spiro atoms. The number of nitrogens with zero attached hydrogens (tertiary/aromatic N) is 2. The Balaban J connectivity index is 0.000000186. The van der Waals surface area contributed by atoms with Gasteiger partial charge in [-0.3, -0.25) is 9.98 Å². The highest BCUT2D eigenvalue weighted by atomic mass is 128. The summed E-state index contributed by atoms with van der Waals surface area (Å²) in [7, 11) is 5.99. The first-order valence-corrected chi connectivity index (χ1v) is 20.2. The van der Waals surface area contributed by atoms with Crippen molar-refractivity contribution in [1.82, 2.24) is 0 Å². The molecular weight excluding hydrogens is 895 g/mol. The number of benzene rings is 4. The third-order valence-electron chi connectivity index (χ3n) is 6.91. The lowest BCUT2D eigenvalue weighted by molar-refractivity contribution is 0.375. The van der Waals surface area contributed by atoms with E-state index in [2.05, 4.69) is 69.8 Å². The van der Waals surface area contributed by atoms with E-state index >= 15 is 0 Å². The molecule has 0 N–H and O–H groups in total. The Labute approximate surface area is 286 Å². The third kappa shape index (κ3) is 7.41. The fraction of sp³-hybridized carbons (Fsp3) is 0.188. The van der Waals surface area contributed by atoms with Crippen LogP contribution in [0.1, 0.15) is 22.3 Å². The second-order valence-corrected chi connectivity index (χ2v) is 10.3. The van der Waals surface area contributed by atoms with Crippen LogP contribution in [-0.4, -0.2) is 38.4 Å². The van der Waals surface area contributed by atoms with E-state index in [1.807, 2.05) is 42.6 Å². The molecule has 0 fully saturated rings. The van der Waals surface area contributed by atoms with Crippen LogP contribution in [0.25, 0.3) is 22.3 Å². The summed E-state index contributed by atoms with van der Waals surface area (Å²) in [6, 6.07) is 18.1. The monoisotopic (exact) mass is 922 g/mol. The van der Waals surface area contributed by atoms with Crippen molar-refractivity contribution in [3.63, 3.8) is 0 Å². The Morgan fingerprint density at radius 1 is 0.628 bits per heavy atom. The largest absolute Gasteiger partial charge is 0.497 e. The Kier molecular flexibility index (Phi) is 12.0. The molecule has 43 heavy (non-hydrogen) atoms. The SMILES string of the molecule is COc1cc(OC)c(F)c(-c2ccc3c(c2)CN=C3)c1.COc1cc(OC)c(F)c(-c2ccc3c(c2)CN=C3I)c1.II. The molecule has 0 unspecified atom stereocenters. The number of hydrogen-bond donors (Lipinski definition) is 0. The summed E-state index contributed by atoms with van der Waals surface area (Å²) in [5.41, 5.74) is 6.95. The Hall–Kier alpha value is -2.53. The molecular formula is C32H27F2I3N2O4. The molecule has 224 valence electrons. The van der Waals surface area contributed by atoms with E-state index in [0.717, 1.165) is 37.1 Å². The van der Waals surface area contributed by atoms with Crippen LogP contribution in [0.4, 0.5) is 8.78 Å². The standard InChI is InChI=1S/C16H13FINO2.C16H14FNO2.I2/c1-20-11-6-13(15(17)14(7-11)21-2)9-3-4-12-10(5-9)8-19-16(12)18;1-19-13-6-14(16(17)15(7-13)20-2)10-3-4-11-8-18-9-12(11)5-10;1-2/h3-7H,8H2,1-2H3;3-8H,9H2,1-2H3;. The van der Waals surface area contributed by atoms with E-state index in [1.54, 1.807) is 26.4 Å². The summed E-state index contributed by atoms with van der Waals surface area (Å²) in [4.78, 5) is 8.60. The van der Waals surface area contributed by atoms with Gasteiger partial charge in [-0.05, 0) is 74.7 Å². The maximum atomic E-state index is 14.5. The molecule has 0 aliphatic carbocycles. The Morgan fingerprint density at radius 2 is 1.16 bits per heavy atom. The second kappa shape index (κ2) is 15.5. The van der Waals surface area contributed by atoms with Crippen molar-refractivity contribution >= 4 is 69.8 Å². The van der Waals surface area contributed by atoms with E-state index in [0.29, 0.717) is 35.7 Å². The summed E-state index contributed by atoms with van der Waals surface area (Å²) in [6.45, 7) is 1.29. The fourth-order valence-electron chi connectivity index (χ4n) is 4.71. The Bertz CT molecular complexity index is 1700. The van der Waals surface area contributed by atoms with Gasteiger partial charge in [0.05, 0.1) is 41.5 Å². The van der Waals surface area contributed by atoms with Gasteiger partial charge in [0, 0.05) is 72.3 Å². The molecule has 0 bridgehead atoms. The van der Waals surface area contributed by atoms with Gasteiger partial charge >= 0.3 is 0 Å². The minimum atomic E-state index is -0.383. The van der Waals surface area contributed by atoms with Crippen LogP contribution in [0, 0.1) is 11.6 Å². The quantitative estimate of drug-likeness (QED) is 0.181. The molecule has 6 rings (SSSR count). The summed E-state index contributed by atoms with van der Waals surface area (Å²) >= 11 is 6.46. The van der Waals surface area contributed by atoms with Crippen molar-refractivity contribution in [2.75, 3.05) is 28.4 Å². The van der Waals surface area contributed by atoms with Gasteiger partial charge in [0.25, 0.3) is 0 Å². The van der Waals surface area contributed by atoms with Crippen molar-refractivity contribution in [3.05, 3.63) is 94.6 Å². The number of halogens is 5. The molecule has 0 saturated carbocycles. The first-order chi connectivity index (χ1) is 20.9. The molecule has 0 amide bonds. The van der Waals surface area contributed by atoms with E-state index in [1.165, 1.54) is 26.4 Å². The second-order valence-electron chi connectivity index (χ2n) is 9.24. The molecule has 2 aliphatic heterocycles. The number of rotatable bonds is 6. The first-order valence-electron chi connectivity index (χ1n) is 12.8. The van der Waals surface area contributed by atoms with E-state index in [-0.39, 0.29) is 23.1 Å². The molecule has 6 nitrogen and oxygen atoms in total. The average Bonchev–Trinajstić information content (AvgIpc) is 3.68. The minimum Gasteiger partial charge on any atom is -0.497 e. The van der Waals surface area contributed by atoms with Gasteiger partial charge in [0.1, 0.15) is 15.2 Å². The summed E-state index contributed by atoms with van der Waals surface area (Å²) in [5.74, 6) is 0.718. The van der Waals surface area contributed by atoms with Crippen LogP contribution in [0.2, 0.25) is 0 Å². The highest BCUT2D eigenvalue weighted by Gasteiger charge is 2.19. The predicted molar refractivity (Wildman–Crippen MR) is 193 cm³/mol. The van der Waals surface area contributed by atoms with Gasteiger partial charge in [-0.1, -0.05) is 24.3 Å². The lowest BCUT2D eigenvalue weighted by Gasteiger charge is -2.12. The van der Waals surface area contributed by atoms with Crippen LogP contribution in [0.15, 0.2) is 70.6 Å². The van der Waals surface area contributed by atoms with Crippen molar-refractivity contribution in [3.8, 4) is 45.3 Å². The van der Waals surface area contributed by atoms with Gasteiger partial charge < -0.3 is 18.9 Å². The van der Waals surface area contributed by atoms with Crippen LogP contribution in [0.3, 0.4) is 0 Å². The maximum absolute atomic E-state index is 14.5. The molecule has 0 atom stereocenters. The summed E-state index contributed by atoms with van der Waals surface area (Å²) in [6.07, 6.45) is 1.83. The van der Waals surface area contributed by atoms with E-state index in [9.17, 15) is 8.78 Å². The smallest absolute Gasteiger partial charge is 0.173 e. The number of fused-ring (bicyclic) bond motifs is 2. The van der Waals surface area contributed by atoms with E-state index < -0.39 is 0 Å². The molecule has 2 heterocycles. The molecule has 4 aromatic rings. The highest BCUT2D eigenvalue weighted by molar-refractivity contribution is 15.0. The maximum Gasteiger partial charge on any atom is 0.173 e. The van der Waals surface area contributed by atoms with Gasteiger partial charge in [0.15, 0.2) is 23.1 Å². The minimum absolute atomic E-state index is 0.177. The Morgan fingerprint density at radius 3 is 1.70 bits per heavy atom. The van der Waals surface area contributed by atoms with Crippen molar-refractivity contribution in [1.29, 1.82) is 0 Å². The highest BCUT2D eigenvalue weighted by Crippen LogP contribution is 2.37. The van der Waals surface area contributed by atoms with Gasteiger partial charge in [-0.15, -0.1) is 0 Å². The van der Waals surface area contributed by atoms with Crippen molar-refractivity contribution in [2.24, 2.45) is 9.98 Å². The summed E-state index contributed by atoms with van der Waals surface area (Å²) in [5, 5.41) is 0. The zero-order chi connectivity index (χ0) is 31.1. The normalized spacial score (nSPS) is 12.2. The zero-order valence-corrected chi connectivity index (χ0v) is 30.2.